The lowest BCUT2D eigenvalue weighted by Gasteiger charge is -2.13. The number of carbonyl (C=O) groups excluding carboxylic acids is 2. The molecule has 18 heavy (non-hydrogen) atoms. The van der Waals surface area contributed by atoms with Gasteiger partial charge in [-0.3, -0.25) is 9.59 Å². The fraction of sp³-hybridized carbons (Fsp3) is 0.429. The maximum Gasteiger partial charge on any atom is 0.246 e. The molecule has 0 saturated carbocycles. The highest BCUT2D eigenvalue weighted by molar-refractivity contribution is 5.99. The van der Waals surface area contributed by atoms with E-state index in [0.29, 0.717) is 12.8 Å². The van der Waals surface area contributed by atoms with E-state index in [9.17, 15) is 9.59 Å². The topological polar surface area (TPSA) is 58.2 Å². The molecule has 4 nitrogen and oxygen atoms in total. The van der Waals surface area contributed by atoms with Crippen LogP contribution < -0.4 is 10.6 Å². The average Bonchev–Trinajstić information content (AvgIpc) is 2.79. The Morgan fingerprint density at radius 1 is 1.50 bits per heavy atom. The Morgan fingerprint density at radius 2 is 2.28 bits per heavy atom. The number of nitrogens with one attached hydrogen (secondary N) is 2. The third kappa shape index (κ3) is 2.70. The molecule has 1 saturated heterocycles. The molecule has 0 aliphatic carbocycles. The van der Waals surface area contributed by atoms with Crippen LogP contribution in [0.3, 0.4) is 0 Å². The van der Waals surface area contributed by atoms with Gasteiger partial charge in [0.25, 0.3) is 0 Å². The highest BCUT2D eigenvalue weighted by Gasteiger charge is 2.27. The number of carbonyl (C=O) groups is 2. The molecule has 1 atom stereocenters. The Hall–Kier alpha value is -1.84. The van der Waals surface area contributed by atoms with Crippen molar-refractivity contribution in [1.29, 1.82) is 0 Å². The number of anilines is 1. The van der Waals surface area contributed by atoms with Gasteiger partial charge in [0.1, 0.15) is 6.04 Å². The van der Waals surface area contributed by atoms with Crippen LogP contribution in [0, 0.1) is 6.92 Å². The first-order valence-electron chi connectivity index (χ1n) is 6.30. The van der Waals surface area contributed by atoms with Crippen molar-refractivity contribution in [1.82, 2.24) is 5.32 Å². The summed E-state index contributed by atoms with van der Waals surface area (Å²) in [6, 6.07) is 5.66. The molecular weight excluding hydrogens is 228 g/mol. The van der Waals surface area contributed by atoms with E-state index in [4.69, 9.17) is 0 Å². The highest BCUT2D eigenvalue weighted by atomic mass is 16.2. The molecule has 2 N–H and O–H groups in total. The van der Waals surface area contributed by atoms with Crippen LogP contribution in [-0.2, 0) is 16.0 Å². The first-order valence-corrected chi connectivity index (χ1v) is 6.30. The molecule has 2 amide bonds. The summed E-state index contributed by atoms with van der Waals surface area (Å²) in [5, 5.41) is 5.56. The SMILES string of the molecule is CCc1ccc(C)c(NC(=O)C2CCC(=O)N2)c1. The van der Waals surface area contributed by atoms with Crippen molar-refractivity contribution in [3.63, 3.8) is 0 Å². The predicted molar refractivity (Wildman–Crippen MR) is 70.4 cm³/mol. The van der Waals surface area contributed by atoms with Crippen LogP contribution in [0.15, 0.2) is 18.2 Å². The van der Waals surface area contributed by atoms with Gasteiger partial charge in [0.2, 0.25) is 11.8 Å². The van der Waals surface area contributed by atoms with Gasteiger partial charge in [-0.05, 0) is 37.0 Å². The molecule has 2 rings (SSSR count). The van der Waals surface area contributed by atoms with Gasteiger partial charge < -0.3 is 10.6 Å². The summed E-state index contributed by atoms with van der Waals surface area (Å²) in [7, 11) is 0. The minimum Gasteiger partial charge on any atom is -0.344 e. The van der Waals surface area contributed by atoms with E-state index in [1.807, 2.05) is 19.1 Å². The Morgan fingerprint density at radius 3 is 2.89 bits per heavy atom. The van der Waals surface area contributed by atoms with E-state index in [0.717, 1.165) is 17.7 Å². The largest absolute Gasteiger partial charge is 0.344 e. The minimum atomic E-state index is -0.387. The normalized spacial score (nSPS) is 18.6. The van der Waals surface area contributed by atoms with E-state index >= 15 is 0 Å². The lowest BCUT2D eigenvalue weighted by atomic mass is 10.1. The van der Waals surface area contributed by atoms with E-state index in [1.165, 1.54) is 5.56 Å². The number of aryl methyl sites for hydroxylation is 2. The van der Waals surface area contributed by atoms with E-state index in [-0.39, 0.29) is 17.9 Å². The van der Waals surface area contributed by atoms with Gasteiger partial charge in [-0.25, -0.2) is 0 Å². The number of benzene rings is 1. The van der Waals surface area contributed by atoms with Gasteiger partial charge in [0, 0.05) is 12.1 Å². The molecule has 4 heteroatoms. The van der Waals surface area contributed by atoms with Crippen molar-refractivity contribution in [2.75, 3.05) is 5.32 Å². The second kappa shape index (κ2) is 5.21. The quantitative estimate of drug-likeness (QED) is 0.854. The molecule has 1 heterocycles. The predicted octanol–water partition coefficient (Wildman–Crippen LogP) is 1.77. The lowest BCUT2D eigenvalue weighted by molar-refractivity contribution is -0.122. The zero-order valence-electron chi connectivity index (χ0n) is 10.7. The van der Waals surface area contributed by atoms with Gasteiger partial charge in [-0.15, -0.1) is 0 Å². The number of hydrogen-bond acceptors (Lipinski definition) is 2. The maximum absolute atomic E-state index is 12.0. The van der Waals surface area contributed by atoms with Crippen molar-refractivity contribution in [2.45, 2.75) is 39.2 Å². The lowest BCUT2D eigenvalue weighted by Crippen LogP contribution is -2.37. The second-order valence-corrected chi connectivity index (χ2v) is 4.65. The molecule has 0 aromatic heterocycles. The van der Waals surface area contributed by atoms with Crippen LogP contribution in [0.25, 0.3) is 0 Å². The van der Waals surface area contributed by atoms with Crippen molar-refractivity contribution < 1.29 is 9.59 Å². The van der Waals surface area contributed by atoms with Crippen LogP contribution in [0.4, 0.5) is 5.69 Å². The Kier molecular flexibility index (Phi) is 3.65. The summed E-state index contributed by atoms with van der Waals surface area (Å²) < 4.78 is 0. The van der Waals surface area contributed by atoms with Gasteiger partial charge in [-0.2, -0.15) is 0 Å². The number of rotatable bonds is 3. The molecule has 1 aliphatic heterocycles. The monoisotopic (exact) mass is 246 g/mol. The third-order valence-corrected chi connectivity index (χ3v) is 3.28. The fourth-order valence-corrected chi connectivity index (χ4v) is 2.05. The van der Waals surface area contributed by atoms with Gasteiger partial charge >= 0.3 is 0 Å². The van der Waals surface area contributed by atoms with Crippen LogP contribution >= 0.6 is 0 Å². The summed E-state index contributed by atoms with van der Waals surface area (Å²) in [6.45, 7) is 4.04. The van der Waals surface area contributed by atoms with Gasteiger partial charge in [-0.1, -0.05) is 19.1 Å². The fourth-order valence-electron chi connectivity index (χ4n) is 2.05. The van der Waals surface area contributed by atoms with Crippen molar-refractivity contribution >= 4 is 17.5 Å². The Labute approximate surface area is 107 Å². The van der Waals surface area contributed by atoms with Crippen LogP contribution in [0.5, 0.6) is 0 Å². The Bertz CT molecular complexity index is 483. The molecular formula is C14H18N2O2. The zero-order chi connectivity index (χ0) is 13.1. The maximum atomic E-state index is 12.0. The zero-order valence-corrected chi connectivity index (χ0v) is 10.7. The summed E-state index contributed by atoms with van der Waals surface area (Å²) >= 11 is 0. The summed E-state index contributed by atoms with van der Waals surface area (Å²) in [6.07, 6.45) is 1.95. The average molecular weight is 246 g/mol. The first-order chi connectivity index (χ1) is 8.60. The van der Waals surface area contributed by atoms with Gasteiger partial charge in [0.05, 0.1) is 0 Å². The van der Waals surface area contributed by atoms with Crippen LogP contribution in [0.2, 0.25) is 0 Å². The first kappa shape index (κ1) is 12.6. The van der Waals surface area contributed by atoms with E-state index in [2.05, 4.69) is 23.6 Å². The summed E-state index contributed by atoms with van der Waals surface area (Å²) in [5.41, 5.74) is 3.05. The molecule has 1 aliphatic rings. The third-order valence-electron chi connectivity index (χ3n) is 3.28. The molecule has 0 radical (unpaired) electrons. The van der Waals surface area contributed by atoms with Crippen LogP contribution in [-0.4, -0.2) is 17.9 Å². The summed E-state index contributed by atoms with van der Waals surface area (Å²) in [4.78, 5) is 23.1. The standard InChI is InChI=1S/C14H18N2O2/c1-3-10-5-4-9(2)12(8-10)16-14(18)11-6-7-13(17)15-11/h4-5,8,11H,3,6-7H2,1-2H3,(H,15,17)(H,16,18). The van der Waals surface area contributed by atoms with E-state index in [1.54, 1.807) is 0 Å². The summed E-state index contributed by atoms with van der Waals surface area (Å²) in [5.74, 6) is -0.175. The molecule has 0 spiro atoms. The number of hydrogen-bond donors (Lipinski definition) is 2. The molecule has 1 aromatic rings. The van der Waals surface area contributed by atoms with E-state index < -0.39 is 0 Å². The second-order valence-electron chi connectivity index (χ2n) is 4.65. The smallest absolute Gasteiger partial charge is 0.246 e. The van der Waals surface area contributed by atoms with Crippen molar-refractivity contribution in [2.24, 2.45) is 0 Å². The Balaban J connectivity index is 2.09. The van der Waals surface area contributed by atoms with Crippen molar-refractivity contribution in [3.8, 4) is 0 Å². The van der Waals surface area contributed by atoms with Gasteiger partial charge in [0.15, 0.2) is 0 Å². The molecule has 1 unspecified atom stereocenters. The van der Waals surface area contributed by atoms with Crippen LogP contribution in [0.1, 0.15) is 30.9 Å². The highest BCUT2D eigenvalue weighted by Crippen LogP contribution is 2.18. The van der Waals surface area contributed by atoms with Crippen molar-refractivity contribution in [3.05, 3.63) is 29.3 Å². The number of amides is 2. The molecule has 1 fully saturated rings. The minimum absolute atomic E-state index is 0.0471. The molecule has 96 valence electrons. The molecule has 1 aromatic carbocycles. The molecule has 0 bridgehead atoms.